The van der Waals surface area contributed by atoms with Crippen LogP contribution in [0.15, 0.2) is 64.9 Å². The predicted molar refractivity (Wildman–Crippen MR) is 88.6 cm³/mol. The standard InChI is InChI=1S/C18H14S2/c1-2-8-17-14(5-1)11-13-6-3-7-15(16(13)12-20-17)18-9-4-10-19-18/h1-10H,11-12H2. The highest BCUT2D eigenvalue weighted by Gasteiger charge is 2.16. The van der Waals surface area contributed by atoms with Crippen molar-refractivity contribution in [3.8, 4) is 10.4 Å². The fourth-order valence-electron chi connectivity index (χ4n) is 2.78. The molecule has 1 aliphatic heterocycles. The Hall–Kier alpha value is -1.51. The van der Waals surface area contributed by atoms with Gasteiger partial charge in [0.25, 0.3) is 0 Å². The lowest BCUT2D eigenvalue weighted by atomic mass is 9.96. The minimum Gasteiger partial charge on any atom is -0.144 e. The highest BCUT2D eigenvalue weighted by atomic mass is 32.2. The molecule has 0 saturated carbocycles. The smallest absolute Gasteiger partial charge is 0.0345 e. The molecular formula is C18H14S2. The summed E-state index contributed by atoms with van der Waals surface area (Å²) in [5.41, 5.74) is 5.86. The lowest BCUT2D eigenvalue weighted by Crippen LogP contribution is -1.94. The second-order valence-electron chi connectivity index (χ2n) is 4.99. The third kappa shape index (κ3) is 2.09. The van der Waals surface area contributed by atoms with Crippen LogP contribution in [0.5, 0.6) is 0 Å². The van der Waals surface area contributed by atoms with Crippen LogP contribution < -0.4 is 0 Å². The van der Waals surface area contributed by atoms with Crippen LogP contribution in [0.1, 0.15) is 16.7 Å². The van der Waals surface area contributed by atoms with Crippen molar-refractivity contribution in [3.05, 3.63) is 76.7 Å². The van der Waals surface area contributed by atoms with Gasteiger partial charge in [-0.2, -0.15) is 0 Å². The molecule has 0 spiro atoms. The first-order valence-electron chi connectivity index (χ1n) is 6.77. The van der Waals surface area contributed by atoms with Gasteiger partial charge in [-0.25, -0.2) is 0 Å². The minimum absolute atomic E-state index is 1.05. The highest BCUT2D eigenvalue weighted by molar-refractivity contribution is 7.98. The van der Waals surface area contributed by atoms with E-state index in [0.717, 1.165) is 12.2 Å². The van der Waals surface area contributed by atoms with Gasteiger partial charge in [-0.05, 0) is 46.2 Å². The van der Waals surface area contributed by atoms with E-state index in [-0.39, 0.29) is 0 Å². The third-order valence-electron chi connectivity index (χ3n) is 3.79. The SMILES string of the molecule is c1csc(-c2cccc3c2CSc2ccccc2C3)c1. The lowest BCUT2D eigenvalue weighted by Gasteiger charge is -2.10. The molecule has 20 heavy (non-hydrogen) atoms. The summed E-state index contributed by atoms with van der Waals surface area (Å²) in [5.74, 6) is 1.07. The monoisotopic (exact) mass is 294 g/mol. The predicted octanol–water partition coefficient (Wildman–Crippen LogP) is 5.61. The van der Waals surface area contributed by atoms with E-state index in [9.17, 15) is 0 Å². The molecule has 0 bridgehead atoms. The van der Waals surface area contributed by atoms with Crippen molar-refractivity contribution >= 4 is 23.1 Å². The van der Waals surface area contributed by atoms with Crippen molar-refractivity contribution < 1.29 is 0 Å². The quantitative estimate of drug-likeness (QED) is 0.562. The van der Waals surface area contributed by atoms with E-state index in [1.54, 1.807) is 0 Å². The summed E-state index contributed by atoms with van der Waals surface area (Å²) >= 11 is 3.80. The van der Waals surface area contributed by atoms with Crippen LogP contribution in [0, 0.1) is 0 Å². The fraction of sp³-hybridized carbons (Fsp3) is 0.111. The molecule has 2 heteroatoms. The summed E-state index contributed by atoms with van der Waals surface area (Å²) in [6.45, 7) is 0. The van der Waals surface area contributed by atoms with Crippen molar-refractivity contribution in [2.24, 2.45) is 0 Å². The zero-order chi connectivity index (χ0) is 13.4. The van der Waals surface area contributed by atoms with Crippen LogP contribution in [0.4, 0.5) is 0 Å². The molecule has 0 saturated heterocycles. The van der Waals surface area contributed by atoms with Crippen molar-refractivity contribution in [1.29, 1.82) is 0 Å². The molecule has 3 aromatic rings. The Bertz CT molecular complexity index is 742. The van der Waals surface area contributed by atoms with Gasteiger partial charge in [0.2, 0.25) is 0 Å². The van der Waals surface area contributed by atoms with Crippen LogP contribution in [0.3, 0.4) is 0 Å². The van der Waals surface area contributed by atoms with Crippen LogP contribution >= 0.6 is 23.1 Å². The van der Waals surface area contributed by atoms with Gasteiger partial charge in [-0.3, -0.25) is 0 Å². The van der Waals surface area contributed by atoms with Gasteiger partial charge in [-0.15, -0.1) is 23.1 Å². The van der Waals surface area contributed by atoms with Crippen LogP contribution in [-0.4, -0.2) is 0 Å². The maximum Gasteiger partial charge on any atom is 0.0345 e. The largest absolute Gasteiger partial charge is 0.144 e. The maximum absolute atomic E-state index is 2.29. The maximum atomic E-state index is 2.29. The molecule has 2 aromatic carbocycles. The molecule has 1 aromatic heterocycles. The first-order chi connectivity index (χ1) is 9.92. The van der Waals surface area contributed by atoms with E-state index < -0.39 is 0 Å². The van der Waals surface area contributed by atoms with E-state index in [4.69, 9.17) is 0 Å². The summed E-state index contributed by atoms with van der Waals surface area (Å²) in [6, 6.07) is 19.9. The average Bonchev–Trinajstić information content (AvgIpc) is 2.94. The molecule has 0 atom stereocenters. The Labute approximate surface area is 127 Å². The molecule has 0 radical (unpaired) electrons. The van der Waals surface area contributed by atoms with E-state index in [0.29, 0.717) is 0 Å². The third-order valence-corrected chi connectivity index (χ3v) is 5.83. The summed E-state index contributed by atoms with van der Waals surface area (Å²) < 4.78 is 0. The van der Waals surface area contributed by atoms with Crippen LogP contribution in [0.25, 0.3) is 10.4 Å². The molecular weight excluding hydrogens is 280 g/mol. The Balaban J connectivity index is 1.85. The highest BCUT2D eigenvalue weighted by Crippen LogP contribution is 2.39. The number of thiophene rings is 1. The average molecular weight is 294 g/mol. The number of benzene rings is 2. The molecule has 0 fully saturated rings. The lowest BCUT2D eigenvalue weighted by molar-refractivity contribution is 1.12. The Morgan fingerprint density at radius 3 is 2.60 bits per heavy atom. The second-order valence-corrected chi connectivity index (χ2v) is 6.96. The Morgan fingerprint density at radius 1 is 0.800 bits per heavy atom. The molecule has 98 valence electrons. The van der Waals surface area contributed by atoms with Crippen molar-refractivity contribution in [2.75, 3.05) is 0 Å². The Morgan fingerprint density at radius 2 is 1.70 bits per heavy atom. The molecule has 0 nitrogen and oxygen atoms in total. The van der Waals surface area contributed by atoms with Gasteiger partial charge in [-0.1, -0.05) is 42.5 Å². The molecule has 0 unspecified atom stereocenters. The minimum atomic E-state index is 1.05. The summed E-state index contributed by atoms with van der Waals surface area (Å²) in [4.78, 5) is 2.81. The molecule has 0 amide bonds. The van der Waals surface area contributed by atoms with Crippen LogP contribution in [-0.2, 0) is 12.2 Å². The fourth-order valence-corrected chi connectivity index (χ4v) is 4.70. The van der Waals surface area contributed by atoms with Crippen molar-refractivity contribution in [2.45, 2.75) is 17.1 Å². The molecule has 4 rings (SSSR count). The van der Waals surface area contributed by atoms with E-state index in [1.165, 1.54) is 32.0 Å². The first kappa shape index (κ1) is 12.2. The van der Waals surface area contributed by atoms with Gasteiger partial charge < -0.3 is 0 Å². The Kier molecular flexibility index (Phi) is 3.13. The zero-order valence-electron chi connectivity index (χ0n) is 11.0. The summed E-state index contributed by atoms with van der Waals surface area (Å²) in [7, 11) is 0. The van der Waals surface area contributed by atoms with E-state index >= 15 is 0 Å². The van der Waals surface area contributed by atoms with Gasteiger partial charge in [0, 0.05) is 15.5 Å². The van der Waals surface area contributed by atoms with Gasteiger partial charge in [0.15, 0.2) is 0 Å². The number of rotatable bonds is 1. The number of hydrogen-bond donors (Lipinski definition) is 0. The topological polar surface area (TPSA) is 0 Å². The van der Waals surface area contributed by atoms with Crippen molar-refractivity contribution in [1.82, 2.24) is 0 Å². The van der Waals surface area contributed by atoms with Gasteiger partial charge >= 0.3 is 0 Å². The normalized spacial score (nSPS) is 13.4. The van der Waals surface area contributed by atoms with Crippen LogP contribution in [0.2, 0.25) is 0 Å². The number of thioether (sulfide) groups is 1. The van der Waals surface area contributed by atoms with Crippen molar-refractivity contribution in [3.63, 3.8) is 0 Å². The van der Waals surface area contributed by atoms with E-state index in [1.807, 2.05) is 23.1 Å². The number of fused-ring (bicyclic) bond motifs is 2. The molecule has 0 aliphatic carbocycles. The summed E-state index contributed by atoms with van der Waals surface area (Å²) in [5, 5.41) is 2.16. The first-order valence-corrected chi connectivity index (χ1v) is 8.64. The summed E-state index contributed by atoms with van der Waals surface area (Å²) in [6.07, 6.45) is 1.05. The second kappa shape index (κ2) is 5.12. The molecule has 0 N–H and O–H groups in total. The van der Waals surface area contributed by atoms with Gasteiger partial charge in [0.1, 0.15) is 0 Å². The molecule has 1 aliphatic rings. The zero-order valence-corrected chi connectivity index (χ0v) is 12.6. The number of hydrogen-bond acceptors (Lipinski definition) is 2. The molecule has 2 heterocycles. The van der Waals surface area contributed by atoms with E-state index in [2.05, 4.69) is 60.0 Å². The van der Waals surface area contributed by atoms with Gasteiger partial charge in [0.05, 0.1) is 0 Å².